The Balaban J connectivity index is 2.78. The quantitative estimate of drug-likeness (QED) is 0.711. The molecule has 0 heterocycles. The number of ether oxygens (including phenoxy) is 1. The van der Waals surface area contributed by atoms with Crippen LogP contribution >= 0.6 is 0 Å². The second-order valence-corrected chi connectivity index (χ2v) is 5.05. The molecule has 0 spiro atoms. The van der Waals surface area contributed by atoms with Gasteiger partial charge in [0.05, 0.1) is 5.92 Å². The third kappa shape index (κ3) is 5.81. The summed E-state index contributed by atoms with van der Waals surface area (Å²) in [6.07, 6.45) is 0.598. The van der Waals surface area contributed by atoms with Crippen LogP contribution in [0.15, 0.2) is 24.3 Å². The van der Waals surface area contributed by atoms with Crippen LogP contribution in [0.3, 0.4) is 0 Å². The molecule has 1 atom stereocenters. The van der Waals surface area contributed by atoms with Gasteiger partial charge >= 0.3 is 5.97 Å². The molecule has 1 amide bonds. The highest BCUT2D eigenvalue weighted by Gasteiger charge is 2.21. The number of rotatable bonds is 9. The number of benzene rings is 1. The van der Waals surface area contributed by atoms with Gasteiger partial charge in [-0.3, -0.25) is 9.59 Å². The van der Waals surface area contributed by atoms with Crippen molar-refractivity contribution >= 4 is 11.9 Å². The number of hydrogen-bond donors (Lipinski definition) is 1. The molecule has 1 N–H and O–H groups in total. The number of nitrogens with zero attached hydrogens (tertiary/aromatic N) is 1. The van der Waals surface area contributed by atoms with Crippen molar-refractivity contribution in [2.75, 3.05) is 26.3 Å². The lowest BCUT2D eigenvalue weighted by molar-refractivity contribution is -0.141. The van der Waals surface area contributed by atoms with Crippen molar-refractivity contribution in [1.29, 1.82) is 0 Å². The van der Waals surface area contributed by atoms with Gasteiger partial charge in [0.2, 0.25) is 0 Å². The monoisotopic (exact) mass is 311 g/mol. The summed E-state index contributed by atoms with van der Waals surface area (Å²) in [5.41, 5.74) is 0.217. The van der Waals surface area contributed by atoms with Crippen LogP contribution in [0.2, 0.25) is 0 Å². The lowest BCUT2D eigenvalue weighted by Crippen LogP contribution is -2.38. The Hall–Kier alpha value is -1.95. The maximum atomic E-state index is 13.2. The summed E-state index contributed by atoms with van der Waals surface area (Å²) in [5, 5.41) is 9.01. The van der Waals surface area contributed by atoms with Crippen molar-refractivity contribution < 1.29 is 23.8 Å². The van der Waals surface area contributed by atoms with Gasteiger partial charge in [-0.25, -0.2) is 4.39 Å². The first kappa shape index (κ1) is 18.1. The first-order valence-corrected chi connectivity index (χ1v) is 7.31. The van der Waals surface area contributed by atoms with Gasteiger partial charge in [-0.15, -0.1) is 0 Å². The summed E-state index contributed by atoms with van der Waals surface area (Å²) in [6.45, 7) is 4.94. The molecule has 0 fully saturated rings. The minimum atomic E-state index is -0.971. The standard InChI is InChI=1S/C16H22FNO4/c1-3-22-9-5-8-18(11-12(2)16(20)21)15(19)13-6-4-7-14(17)10-13/h4,6-7,10,12H,3,5,8-9,11H2,1-2H3,(H,20,21). The van der Waals surface area contributed by atoms with Crippen molar-refractivity contribution in [3.8, 4) is 0 Å². The van der Waals surface area contributed by atoms with E-state index in [2.05, 4.69) is 0 Å². The predicted octanol–water partition coefficient (Wildman–Crippen LogP) is 2.42. The Labute approximate surface area is 129 Å². The molecule has 5 nitrogen and oxygen atoms in total. The van der Waals surface area contributed by atoms with E-state index < -0.39 is 17.7 Å². The van der Waals surface area contributed by atoms with Gasteiger partial charge in [0.25, 0.3) is 5.91 Å². The Bertz CT molecular complexity index is 507. The maximum Gasteiger partial charge on any atom is 0.308 e. The van der Waals surface area contributed by atoms with E-state index in [-0.39, 0.29) is 18.0 Å². The summed E-state index contributed by atoms with van der Waals surface area (Å²) in [5.74, 6) is -2.53. The molecule has 0 aromatic heterocycles. The number of halogens is 1. The molecule has 0 aliphatic heterocycles. The highest BCUT2D eigenvalue weighted by molar-refractivity contribution is 5.94. The van der Waals surface area contributed by atoms with Gasteiger partial charge in [-0.05, 0) is 31.5 Å². The van der Waals surface area contributed by atoms with Crippen LogP contribution in [-0.4, -0.2) is 48.2 Å². The number of amides is 1. The lowest BCUT2D eigenvalue weighted by Gasteiger charge is -2.24. The molecule has 0 bridgehead atoms. The largest absolute Gasteiger partial charge is 0.481 e. The van der Waals surface area contributed by atoms with Gasteiger partial charge in [-0.1, -0.05) is 13.0 Å². The summed E-state index contributed by atoms with van der Waals surface area (Å²) >= 11 is 0. The third-order valence-corrected chi connectivity index (χ3v) is 3.20. The fourth-order valence-corrected chi connectivity index (χ4v) is 1.99. The summed E-state index contributed by atoms with van der Waals surface area (Å²) < 4.78 is 18.5. The molecule has 1 rings (SSSR count). The predicted molar refractivity (Wildman–Crippen MR) is 80.2 cm³/mol. The molecule has 1 aromatic carbocycles. The topological polar surface area (TPSA) is 66.8 Å². The second-order valence-electron chi connectivity index (χ2n) is 5.05. The van der Waals surface area contributed by atoms with Crippen LogP contribution in [0, 0.1) is 11.7 Å². The van der Waals surface area contributed by atoms with E-state index in [4.69, 9.17) is 9.84 Å². The van der Waals surface area contributed by atoms with Crippen molar-refractivity contribution in [2.24, 2.45) is 5.92 Å². The zero-order valence-corrected chi connectivity index (χ0v) is 12.9. The molecule has 0 saturated heterocycles. The van der Waals surface area contributed by atoms with Crippen molar-refractivity contribution in [3.05, 3.63) is 35.6 Å². The molecule has 1 unspecified atom stereocenters. The summed E-state index contributed by atoms with van der Waals surface area (Å²) in [6, 6.07) is 5.40. The van der Waals surface area contributed by atoms with E-state index in [9.17, 15) is 14.0 Å². The number of carbonyl (C=O) groups is 2. The highest BCUT2D eigenvalue weighted by Crippen LogP contribution is 2.11. The molecule has 1 aromatic rings. The maximum absolute atomic E-state index is 13.2. The Kier molecular flexibility index (Phi) is 7.52. The second kappa shape index (κ2) is 9.15. The number of carbonyl (C=O) groups excluding carboxylic acids is 1. The molecule has 122 valence electrons. The molecule has 6 heteroatoms. The van der Waals surface area contributed by atoms with E-state index >= 15 is 0 Å². The van der Waals surface area contributed by atoms with Crippen LogP contribution in [0.4, 0.5) is 4.39 Å². The van der Waals surface area contributed by atoms with Crippen LogP contribution < -0.4 is 0 Å². The fourth-order valence-electron chi connectivity index (χ4n) is 1.99. The SMILES string of the molecule is CCOCCCN(CC(C)C(=O)O)C(=O)c1cccc(F)c1. The van der Waals surface area contributed by atoms with Crippen molar-refractivity contribution in [1.82, 2.24) is 4.90 Å². The van der Waals surface area contributed by atoms with E-state index in [1.807, 2.05) is 6.92 Å². The molecular formula is C16H22FNO4. The average molecular weight is 311 g/mol. The summed E-state index contributed by atoms with van der Waals surface area (Å²) in [4.78, 5) is 24.9. The number of carboxylic acid groups (broad SMARTS) is 1. The van der Waals surface area contributed by atoms with Crippen LogP contribution in [0.1, 0.15) is 30.6 Å². The normalized spacial score (nSPS) is 12.0. The van der Waals surface area contributed by atoms with Gasteiger partial charge in [-0.2, -0.15) is 0 Å². The number of hydrogen-bond acceptors (Lipinski definition) is 3. The van der Waals surface area contributed by atoms with Crippen LogP contribution in [0.25, 0.3) is 0 Å². The molecular weight excluding hydrogens is 289 g/mol. The number of aliphatic carboxylic acids is 1. The first-order chi connectivity index (χ1) is 10.5. The molecule has 0 aliphatic carbocycles. The van der Waals surface area contributed by atoms with Gasteiger partial charge in [0.15, 0.2) is 0 Å². The molecule has 0 radical (unpaired) electrons. The molecule has 22 heavy (non-hydrogen) atoms. The van der Waals surface area contributed by atoms with Crippen molar-refractivity contribution in [2.45, 2.75) is 20.3 Å². The Morgan fingerprint density at radius 2 is 2.14 bits per heavy atom. The smallest absolute Gasteiger partial charge is 0.308 e. The number of carboxylic acids is 1. The zero-order chi connectivity index (χ0) is 16.5. The fraction of sp³-hybridized carbons (Fsp3) is 0.500. The van der Waals surface area contributed by atoms with E-state index in [1.165, 1.54) is 30.0 Å². The Morgan fingerprint density at radius 3 is 2.73 bits per heavy atom. The average Bonchev–Trinajstić information content (AvgIpc) is 2.49. The minimum absolute atomic E-state index is 0.0802. The van der Waals surface area contributed by atoms with Crippen molar-refractivity contribution in [3.63, 3.8) is 0 Å². The van der Waals surface area contributed by atoms with Crippen LogP contribution in [0.5, 0.6) is 0 Å². The van der Waals surface area contributed by atoms with E-state index in [1.54, 1.807) is 0 Å². The summed E-state index contributed by atoms with van der Waals surface area (Å²) in [7, 11) is 0. The van der Waals surface area contributed by atoms with Gasteiger partial charge in [0.1, 0.15) is 5.82 Å². The lowest BCUT2D eigenvalue weighted by atomic mass is 10.1. The van der Waals surface area contributed by atoms with E-state index in [0.717, 1.165) is 6.07 Å². The first-order valence-electron chi connectivity index (χ1n) is 7.31. The van der Waals surface area contributed by atoms with Gasteiger partial charge < -0.3 is 14.7 Å². The molecule has 0 saturated carbocycles. The van der Waals surface area contributed by atoms with Crippen LogP contribution in [-0.2, 0) is 9.53 Å². The molecule has 0 aliphatic rings. The third-order valence-electron chi connectivity index (χ3n) is 3.20. The van der Waals surface area contributed by atoms with Gasteiger partial charge in [0, 0.05) is 31.9 Å². The van der Waals surface area contributed by atoms with E-state index in [0.29, 0.717) is 26.2 Å². The zero-order valence-electron chi connectivity index (χ0n) is 12.9. The minimum Gasteiger partial charge on any atom is -0.481 e. The Morgan fingerprint density at radius 1 is 1.41 bits per heavy atom. The highest BCUT2D eigenvalue weighted by atomic mass is 19.1.